The molecular formula is C34H25Cl2FN2O6. The molecule has 1 N–H and O–H groups in total. The highest BCUT2D eigenvalue weighted by Gasteiger charge is 2.76. The Morgan fingerprint density at radius 1 is 0.867 bits per heavy atom. The number of halogens is 3. The average Bonchev–Trinajstić information content (AvgIpc) is 3.35. The van der Waals surface area contributed by atoms with Gasteiger partial charge in [-0.2, -0.15) is 0 Å². The van der Waals surface area contributed by atoms with Crippen molar-refractivity contribution in [2.45, 2.75) is 35.4 Å². The first-order valence-corrected chi connectivity index (χ1v) is 15.1. The number of hydrogen-bond donors (Lipinski definition) is 1. The molecule has 0 aromatic heterocycles. The van der Waals surface area contributed by atoms with E-state index >= 15 is 0 Å². The fraction of sp³-hybridized carbons (Fsp3) is 0.265. The van der Waals surface area contributed by atoms with Crippen LogP contribution in [-0.4, -0.2) is 44.3 Å². The van der Waals surface area contributed by atoms with E-state index in [1.54, 1.807) is 42.5 Å². The fourth-order valence-corrected chi connectivity index (χ4v) is 8.51. The highest BCUT2D eigenvalue weighted by molar-refractivity contribution is 6.58. The standard InChI is InChI=1S/C34H25Cl2FN2O6/c1-17(40)18-5-9-21(10-6-18)38-29(42)25-14-13-24-26(27(25)30(38)43)16-33(35)31(44)39(22-11-7-20(37)8-12-22)32(45)34(33,36)28(24)19-3-2-4-23(41)15-19/h2-13,15,25-28,41H,14,16H2,1H3/t25-,26+,27-,28-,33+,34-/m0/s1. The number of allylic oxidation sites excluding steroid dienone is 2. The monoisotopic (exact) mass is 646 g/mol. The molecule has 2 aliphatic carbocycles. The van der Waals surface area contributed by atoms with Crippen molar-refractivity contribution in [3.05, 3.63) is 101 Å². The zero-order chi connectivity index (χ0) is 32.0. The number of phenolic OH excluding ortho intramolecular Hbond substituents is 1. The van der Waals surface area contributed by atoms with Crippen LogP contribution in [0.4, 0.5) is 15.8 Å². The molecule has 1 saturated carbocycles. The zero-order valence-corrected chi connectivity index (χ0v) is 25.3. The van der Waals surface area contributed by atoms with Crippen molar-refractivity contribution in [1.82, 2.24) is 0 Å². The first-order valence-electron chi connectivity index (χ1n) is 14.4. The summed E-state index contributed by atoms with van der Waals surface area (Å²) in [5, 5.41) is 10.4. The molecule has 6 atom stereocenters. The number of ketones is 1. The van der Waals surface area contributed by atoms with Crippen molar-refractivity contribution >= 4 is 64.0 Å². The number of amides is 4. The van der Waals surface area contributed by atoms with E-state index in [4.69, 9.17) is 23.2 Å². The molecule has 2 heterocycles. The lowest BCUT2D eigenvalue weighted by atomic mass is 9.56. The molecule has 7 rings (SSSR count). The van der Waals surface area contributed by atoms with Crippen molar-refractivity contribution in [3.8, 4) is 5.75 Å². The van der Waals surface area contributed by atoms with Crippen LogP contribution in [0.25, 0.3) is 0 Å². The molecule has 0 bridgehead atoms. The van der Waals surface area contributed by atoms with E-state index < -0.39 is 62.9 Å². The SMILES string of the molecule is CC(=O)c1ccc(N2C(=O)[C@H]3[C@H](CC=C4[C@H]3C[C@@]3(Cl)C(=O)N(c5ccc(F)cc5)C(=O)[C@@]3(Cl)[C@H]4c3cccc(O)c3)C2=O)cc1. The highest BCUT2D eigenvalue weighted by Crippen LogP contribution is 2.66. The molecule has 45 heavy (non-hydrogen) atoms. The Labute approximate surface area is 267 Å². The molecule has 228 valence electrons. The fourth-order valence-electron chi connectivity index (χ4n) is 7.58. The van der Waals surface area contributed by atoms with Gasteiger partial charge in [-0.1, -0.05) is 23.8 Å². The molecular weight excluding hydrogens is 622 g/mol. The van der Waals surface area contributed by atoms with Crippen molar-refractivity contribution in [1.29, 1.82) is 0 Å². The van der Waals surface area contributed by atoms with Crippen LogP contribution in [0.15, 0.2) is 84.4 Å². The average molecular weight is 647 g/mol. The summed E-state index contributed by atoms with van der Waals surface area (Å²) in [6.45, 7) is 1.42. The summed E-state index contributed by atoms with van der Waals surface area (Å²) in [7, 11) is 0. The number of phenols is 1. The molecule has 8 nitrogen and oxygen atoms in total. The van der Waals surface area contributed by atoms with Gasteiger partial charge in [-0.3, -0.25) is 28.9 Å². The molecule has 4 amide bonds. The number of nitrogens with zero attached hydrogens (tertiary/aromatic N) is 2. The molecule has 3 aromatic rings. The number of alkyl halides is 2. The quantitative estimate of drug-likeness (QED) is 0.173. The summed E-state index contributed by atoms with van der Waals surface area (Å²) in [4.78, 5) is 66.1. The van der Waals surface area contributed by atoms with Crippen molar-refractivity contribution < 1.29 is 33.5 Å². The van der Waals surface area contributed by atoms with Crippen LogP contribution in [0.2, 0.25) is 0 Å². The number of rotatable bonds is 4. The van der Waals surface area contributed by atoms with Gasteiger partial charge in [0, 0.05) is 11.5 Å². The first kappa shape index (κ1) is 29.4. The molecule has 2 aliphatic heterocycles. The maximum absolute atomic E-state index is 14.3. The van der Waals surface area contributed by atoms with Gasteiger partial charge in [-0.15, -0.1) is 23.2 Å². The number of anilines is 2. The number of aromatic hydroxyl groups is 1. The second-order valence-corrected chi connectivity index (χ2v) is 13.2. The van der Waals surface area contributed by atoms with Crippen LogP contribution in [-0.2, 0) is 19.2 Å². The second-order valence-electron chi connectivity index (χ2n) is 12.0. The normalized spacial score (nSPS) is 30.6. The van der Waals surface area contributed by atoms with Crippen molar-refractivity contribution in [3.63, 3.8) is 0 Å². The number of carbonyl (C=O) groups is 5. The van der Waals surface area contributed by atoms with E-state index in [1.165, 1.54) is 31.2 Å². The lowest BCUT2D eigenvalue weighted by Crippen LogP contribution is -2.60. The summed E-state index contributed by atoms with van der Waals surface area (Å²) in [5.74, 6) is -6.87. The molecule has 0 unspecified atom stereocenters. The largest absolute Gasteiger partial charge is 0.508 e. The molecule has 11 heteroatoms. The number of fused-ring (bicyclic) bond motifs is 4. The van der Waals surface area contributed by atoms with Gasteiger partial charge in [-0.05, 0) is 91.9 Å². The summed E-state index contributed by atoms with van der Waals surface area (Å²) in [5.41, 5.74) is 1.80. The highest BCUT2D eigenvalue weighted by atomic mass is 35.5. The van der Waals surface area contributed by atoms with Gasteiger partial charge in [0.1, 0.15) is 11.6 Å². The Balaban J connectivity index is 1.36. The Morgan fingerprint density at radius 2 is 1.51 bits per heavy atom. The third kappa shape index (κ3) is 3.99. The van der Waals surface area contributed by atoms with Gasteiger partial charge in [-0.25, -0.2) is 9.29 Å². The summed E-state index contributed by atoms with van der Waals surface area (Å²) in [6.07, 6.45) is 1.75. The van der Waals surface area contributed by atoms with E-state index in [2.05, 4.69) is 0 Å². The topological polar surface area (TPSA) is 112 Å². The number of Topliss-reactive ketones (excluding diaryl/α,β-unsaturated/α-hetero) is 1. The van der Waals surface area contributed by atoms with Crippen LogP contribution < -0.4 is 9.80 Å². The van der Waals surface area contributed by atoms with Crippen LogP contribution in [0.3, 0.4) is 0 Å². The van der Waals surface area contributed by atoms with Gasteiger partial charge in [0.15, 0.2) is 15.5 Å². The van der Waals surface area contributed by atoms with Gasteiger partial charge in [0.25, 0.3) is 11.8 Å². The first-order chi connectivity index (χ1) is 21.4. The number of hydrogen-bond acceptors (Lipinski definition) is 6. The van der Waals surface area contributed by atoms with Crippen LogP contribution in [0.1, 0.15) is 41.6 Å². The molecule has 0 radical (unpaired) electrons. The van der Waals surface area contributed by atoms with Crippen LogP contribution in [0.5, 0.6) is 5.75 Å². The third-order valence-corrected chi connectivity index (χ3v) is 11.0. The minimum Gasteiger partial charge on any atom is -0.508 e. The maximum Gasteiger partial charge on any atom is 0.258 e. The van der Waals surface area contributed by atoms with Gasteiger partial charge < -0.3 is 5.11 Å². The summed E-state index contributed by atoms with van der Waals surface area (Å²) in [6, 6.07) is 17.1. The van der Waals surface area contributed by atoms with E-state index in [0.29, 0.717) is 22.4 Å². The molecule has 3 fully saturated rings. The van der Waals surface area contributed by atoms with E-state index in [1.807, 2.05) is 0 Å². The number of benzene rings is 3. The van der Waals surface area contributed by atoms with Gasteiger partial charge >= 0.3 is 0 Å². The smallest absolute Gasteiger partial charge is 0.258 e. The molecule has 2 saturated heterocycles. The maximum atomic E-state index is 14.3. The Morgan fingerprint density at radius 3 is 2.16 bits per heavy atom. The lowest BCUT2D eigenvalue weighted by Gasteiger charge is -2.50. The van der Waals surface area contributed by atoms with E-state index in [0.717, 1.165) is 21.9 Å². The number of imide groups is 2. The predicted molar refractivity (Wildman–Crippen MR) is 164 cm³/mol. The third-order valence-electron chi connectivity index (χ3n) is 9.63. The molecule has 0 spiro atoms. The molecule has 4 aliphatic rings. The Bertz CT molecular complexity index is 1860. The Kier molecular flexibility index (Phi) is 6.58. The van der Waals surface area contributed by atoms with Crippen molar-refractivity contribution in [2.24, 2.45) is 17.8 Å². The van der Waals surface area contributed by atoms with E-state index in [-0.39, 0.29) is 30.1 Å². The molecule has 3 aromatic carbocycles. The second kappa shape index (κ2) is 10.1. The predicted octanol–water partition coefficient (Wildman–Crippen LogP) is 5.50. The summed E-state index contributed by atoms with van der Waals surface area (Å²) < 4.78 is 13.8. The minimum absolute atomic E-state index is 0.0811. The lowest BCUT2D eigenvalue weighted by molar-refractivity contribution is -0.125. The van der Waals surface area contributed by atoms with Gasteiger partial charge in [0.2, 0.25) is 11.8 Å². The summed E-state index contributed by atoms with van der Waals surface area (Å²) >= 11 is 14.6. The number of carbonyl (C=O) groups excluding carboxylic acids is 5. The Hall–Kier alpha value is -4.34. The van der Waals surface area contributed by atoms with Crippen LogP contribution in [0, 0.1) is 23.6 Å². The van der Waals surface area contributed by atoms with Crippen molar-refractivity contribution in [2.75, 3.05) is 9.80 Å². The minimum atomic E-state index is -2.09. The zero-order valence-electron chi connectivity index (χ0n) is 23.7. The van der Waals surface area contributed by atoms with E-state index in [9.17, 15) is 33.5 Å². The van der Waals surface area contributed by atoms with Gasteiger partial charge in [0.05, 0.1) is 23.2 Å². The van der Waals surface area contributed by atoms with Crippen LogP contribution >= 0.6 is 23.2 Å².